The molecule has 0 saturated carbocycles. The summed E-state index contributed by atoms with van der Waals surface area (Å²) in [5.74, 6) is 0.152. The molecule has 1 N–H and O–H groups in total. The van der Waals surface area contributed by atoms with Crippen molar-refractivity contribution in [1.29, 1.82) is 0 Å². The van der Waals surface area contributed by atoms with Crippen molar-refractivity contribution in [2.24, 2.45) is 0 Å². The van der Waals surface area contributed by atoms with Crippen LogP contribution in [0.5, 0.6) is 11.5 Å². The number of carbonyl (C=O) groups is 1. The van der Waals surface area contributed by atoms with E-state index in [1.165, 1.54) is 12.4 Å². The normalized spacial score (nSPS) is 13.1. The van der Waals surface area contributed by atoms with Crippen LogP contribution in [0.3, 0.4) is 0 Å². The first-order chi connectivity index (χ1) is 9.66. The molecular weight excluding hydrogens is 260 g/mol. The highest BCUT2D eigenvalue weighted by molar-refractivity contribution is 5.93. The number of rotatable bonds is 2. The molecule has 0 aliphatic carbocycles. The zero-order valence-electron chi connectivity index (χ0n) is 10.8. The number of nitrogens with zero attached hydrogens (tertiary/aromatic N) is 2. The number of fused-ring (bicyclic) bond motifs is 1. The van der Waals surface area contributed by atoms with Crippen molar-refractivity contribution in [2.75, 3.05) is 13.2 Å². The average molecular weight is 272 g/mol. The van der Waals surface area contributed by atoms with Crippen molar-refractivity contribution < 1.29 is 19.4 Å². The minimum Gasteiger partial charge on any atom is -0.486 e. The summed E-state index contributed by atoms with van der Waals surface area (Å²) in [5, 5.41) is 9.20. The summed E-state index contributed by atoms with van der Waals surface area (Å²) in [6.07, 6.45) is 2.83. The minimum absolute atomic E-state index is 0.0766. The van der Waals surface area contributed by atoms with Crippen molar-refractivity contribution in [2.45, 2.75) is 6.92 Å². The van der Waals surface area contributed by atoms with E-state index < -0.39 is 5.97 Å². The van der Waals surface area contributed by atoms with Gasteiger partial charge >= 0.3 is 5.97 Å². The summed E-state index contributed by atoms with van der Waals surface area (Å²) >= 11 is 0. The van der Waals surface area contributed by atoms with Gasteiger partial charge in [-0.15, -0.1) is 0 Å². The zero-order chi connectivity index (χ0) is 14.1. The maximum Gasteiger partial charge on any atom is 0.356 e. The standard InChI is InChI=1S/C14H12N2O4/c1-8-6-10-11(20-5-4-19-10)7-9(8)12-13(14(17)18)16-3-2-15-12/h2-3,6-7H,4-5H2,1H3,(H,17,18). The van der Waals surface area contributed by atoms with Gasteiger partial charge in [0.25, 0.3) is 0 Å². The van der Waals surface area contributed by atoms with Crippen molar-refractivity contribution in [3.05, 3.63) is 35.8 Å². The monoisotopic (exact) mass is 272 g/mol. The highest BCUT2D eigenvalue weighted by Crippen LogP contribution is 2.37. The lowest BCUT2D eigenvalue weighted by Crippen LogP contribution is -2.15. The Morgan fingerprint density at radius 2 is 1.80 bits per heavy atom. The molecule has 0 saturated heterocycles. The molecule has 0 bridgehead atoms. The van der Waals surface area contributed by atoms with Crippen LogP contribution in [0, 0.1) is 6.92 Å². The van der Waals surface area contributed by atoms with Crippen molar-refractivity contribution in [1.82, 2.24) is 9.97 Å². The number of aryl methyl sites for hydroxylation is 1. The fourth-order valence-electron chi connectivity index (χ4n) is 2.14. The first-order valence-electron chi connectivity index (χ1n) is 6.11. The molecule has 0 unspecified atom stereocenters. The van der Waals surface area contributed by atoms with E-state index in [0.717, 1.165) is 5.56 Å². The van der Waals surface area contributed by atoms with E-state index in [9.17, 15) is 9.90 Å². The Hall–Kier alpha value is -2.63. The summed E-state index contributed by atoms with van der Waals surface area (Å²) in [4.78, 5) is 19.3. The Balaban J connectivity index is 2.18. The molecule has 6 nitrogen and oxygen atoms in total. The van der Waals surface area contributed by atoms with Gasteiger partial charge in [-0.2, -0.15) is 0 Å². The molecule has 0 spiro atoms. The van der Waals surface area contributed by atoms with Gasteiger partial charge in [0.1, 0.15) is 18.9 Å². The van der Waals surface area contributed by atoms with Crippen LogP contribution in [0.4, 0.5) is 0 Å². The maximum atomic E-state index is 11.2. The number of hydrogen-bond donors (Lipinski definition) is 1. The number of carboxylic acid groups (broad SMARTS) is 1. The highest BCUT2D eigenvalue weighted by atomic mass is 16.6. The van der Waals surface area contributed by atoms with Gasteiger partial charge in [0.2, 0.25) is 0 Å². The van der Waals surface area contributed by atoms with Gasteiger partial charge in [-0.1, -0.05) is 0 Å². The lowest BCUT2D eigenvalue weighted by Gasteiger charge is -2.20. The highest BCUT2D eigenvalue weighted by Gasteiger charge is 2.20. The Kier molecular flexibility index (Phi) is 2.98. The van der Waals surface area contributed by atoms with E-state index in [0.29, 0.717) is 36.0 Å². The minimum atomic E-state index is -1.11. The van der Waals surface area contributed by atoms with E-state index in [2.05, 4.69) is 9.97 Å². The summed E-state index contributed by atoms with van der Waals surface area (Å²) in [7, 11) is 0. The maximum absolute atomic E-state index is 11.2. The predicted molar refractivity (Wildman–Crippen MR) is 70.2 cm³/mol. The third kappa shape index (κ3) is 2.05. The van der Waals surface area contributed by atoms with Gasteiger partial charge in [0.05, 0.1) is 0 Å². The van der Waals surface area contributed by atoms with Gasteiger partial charge in [-0.3, -0.25) is 4.98 Å². The Morgan fingerprint density at radius 3 is 2.50 bits per heavy atom. The molecule has 1 aromatic heterocycles. The average Bonchev–Trinajstić information content (AvgIpc) is 2.46. The van der Waals surface area contributed by atoms with Gasteiger partial charge in [-0.25, -0.2) is 9.78 Å². The molecule has 102 valence electrons. The van der Waals surface area contributed by atoms with E-state index in [-0.39, 0.29) is 5.69 Å². The SMILES string of the molecule is Cc1cc2c(cc1-c1nccnc1C(=O)O)OCCO2. The Morgan fingerprint density at radius 1 is 1.15 bits per heavy atom. The molecular formula is C14H12N2O4. The van der Waals surface area contributed by atoms with Crippen LogP contribution < -0.4 is 9.47 Å². The summed E-state index contributed by atoms with van der Waals surface area (Å²) in [5.41, 5.74) is 1.79. The molecule has 2 heterocycles. The lowest BCUT2D eigenvalue weighted by atomic mass is 10.0. The van der Waals surface area contributed by atoms with Crippen LogP contribution in [0.25, 0.3) is 11.3 Å². The smallest absolute Gasteiger partial charge is 0.356 e. The van der Waals surface area contributed by atoms with Crippen molar-refractivity contribution in [3.8, 4) is 22.8 Å². The third-order valence-corrected chi connectivity index (χ3v) is 3.05. The van der Waals surface area contributed by atoms with Crippen LogP contribution in [-0.4, -0.2) is 34.3 Å². The van der Waals surface area contributed by atoms with E-state index in [1.807, 2.05) is 13.0 Å². The number of carboxylic acids is 1. The fourth-order valence-corrected chi connectivity index (χ4v) is 2.14. The van der Waals surface area contributed by atoms with Gasteiger partial charge in [-0.05, 0) is 24.6 Å². The quantitative estimate of drug-likeness (QED) is 0.899. The first kappa shape index (κ1) is 12.4. The zero-order valence-corrected chi connectivity index (χ0v) is 10.8. The molecule has 1 aromatic carbocycles. The fraction of sp³-hybridized carbons (Fsp3) is 0.214. The molecule has 0 amide bonds. The third-order valence-electron chi connectivity index (χ3n) is 3.05. The van der Waals surface area contributed by atoms with Crippen LogP contribution in [0.1, 0.15) is 16.1 Å². The molecule has 20 heavy (non-hydrogen) atoms. The molecule has 6 heteroatoms. The summed E-state index contributed by atoms with van der Waals surface area (Å²) in [6, 6.07) is 3.57. The van der Waals surface area contributed by atoms with Crippen LogP contribution in [0.2, 0.25) is 0 Å². The second-order valence-corrected chi connectivity index (χ2v) is 4.37. The topological polar surface area (TPSA) is 81.5 Å². The molecule has 0 radical (unpaired) electrons. The number of aromatic carboxylic acids is 1. The molecule has 0 atom stereocenters. The Labute approximate surface area is 115 Å². The predicted octanol–water partition coefficient (Wildman–Crippen LogP) is 1.92. The van der Waals surface area contributed by atoms with E-state index >= 15 is 0 Å². The van der Waals surface area contributed by atoms with Gasteiger partial charge in [0.15, 0.2) is 17.2 Å². The first-order valence-corrected chi connectivity index (χ1v) is 6.11. The molecule has 1 aliphatic rings. The second kappa shape index (κ2) is 4.80. The van der Waals surface area contributed by atoms with Crippen LogP contribution in [-0.2, 0) is 0 Å². The summed E-state index contributed by atoms with van der Waals surface area (Å²) < 4.78 is 11.0. The largest absolute Gasteiger partial charge is 0.486 e. The van der Waals surface area contributed by atoms with Crippen LogP contribution >= 0.6 is 0 Å². The molecule has 3 rings (SSSR count). The Bertz CT molecular complexity index is 685. The van der Waals surface area contributed by atoms with Crippen LogP contribution in [0.15, 0.2) is 24.5 Å². The number of benzene rings is 1. The lowest BCUT2D eigenvalue weighted by molar-refractivity contribution is 0.0691. The molecule has 2 aromatic rings. The van der Waals surface area contributed by atoms with Crippen molar-refractivity contribution in [3.63, 3.8) is 0 Å². The van der Waals surface area contributed by atoms with Gasteiger partial charge < -0.3 is 14.6 Å². The van der Waals surface area contributed by atoms with Crippen molar-refractivity contribution >= 4 is 5.97 Å². The second-order valence-electron chi connectivity index (χ2n) is 4.37. The summed E-state index contributed by atoms with van der Waals surface area (Å²) in [6.45, 7) is 2.85. The molecule has 1 aliphatic heterocycles. The van der Waals surface area contributed by atoms with E-state index in [4.69, 9.17) is 9.47 Å². The van der Waals surface area contributed by atoms with Gasteiger partial charge in [0, 0.05) is 18.0 Å². The van der Waals surface area contributed by atoms with E-state index in [1.54, 1.807) is 6.07 Å². The number of ether oxygens (including phenoxy) is 2. The number of hydrogen-bond acceptors (Lipinski definition) is 5. The molecule has 0 fully saturated rings. The number of aromatic nitrogens is 2.